The Kier molecular flexibility index (Phi) is 6.02. The lowest BCUT2D eigenvalue weighted by molar-refractivity contribution is -0.125. The fraction of sp³-hybridized carbons (Fsp3) is 0.611. The third kappa shape index (κ3) is 4.53. The molecule has 2 N–H and O–H groups in total. The summed E-state index contributed by atoms with van der Waals surface area (Å²) >= 11 is 0. The van der Waals surface area contributed by atoms with Gasteiger partial charge in [0.2, 0.25) is 5.91 Å². The summed E-state index contributed by atoms with van der Waals surface area (Å²) < 4.78 is 5.47. The average molecular weight is 317 g/mol. The van der Waals surface area contributed by atoms with Gasteiger partial charge in [0.15, 0.2) is 0 Å². The monoisotopic (exact) mass is 317 g/mol. The van der Waals surface area contributed by atoms with Crippen molar-refractivity contribution >= 4 is 5.91 Å². The van der Waals surface area contributed by atoms with Gasteiger partial charge in [0.25, 0.3) is 0 Å². The Balaban J connectivity index is 1.62. The summed E-state index contributed by atoms with van der Waals surface area (Å²) in [6, 6.07) is 10.7. The fourth-order valence-corrected chi connectivity index (χ4v) is 3.44. The van der Waals surface area contributed by atoms with Crippen LogP contribution in [0.25, 0.3) is 0 Å². The highest BCUT2D eigenvalue weighted by Crippen LogP contribution is 2.21. The van der Waals surface area contributed by atoms with Gasteiger partial charge in [-0.05, 0) is 24.9 Å². The largest absolute Gasteiger partial charge is 0.379 e. The minimum atomic E-state index is 0.116. The summed E-state index contributed by atoms with van der Waals surface area (Å²) in [4.78, 5) is 14.8. The first-order valence-electron chi connectivity index (χ1n) is 8.70. The lowest BCUT2D eigenvalue weighted by Gasteiger charge is -2.35. The van der Waals surface area contributed by atoms with Gasteiger partial charge in [0, 0.05) is 26.2 Å². The van der Waals surface area contributed by atoms with Gasteiger partial charge in [-0.15, -0.1) is 0 Å². The number of nitrogens with zero attached hydrogens (tertiary/aromatic N) is 1. The number of carbonyl (C=O) groups is 1. The van der Waals surface area contributed by atoms with E-state index in [0.717, 1.165) is 52.2 Å². The first-order valence-corrected chi connectivity index (χ1v) is 8.70. The summed E-state index contributed by atoms with van der Waals surface area (Å²) in [7, 11) is 0. The lowest BCUT2D eigenvalue weighted by Crippen LogP contribution is -2.46. The standard InChI is InChI=1S/C18H27N3O2/c22-18(16-7-4-8-19-13-16)20-14-17(15-5-2-1-3-6-15)21-9-11-23-12-10-21/h1-3,5-6,16-17,19H,4,7-14H2,(H,20,22). The number of amides is 1. The average Bonchev–Trinajstić information content (AvgIpc) is 2.64. The molecule has 1 aromatic rings. The van der Waals surface area contributed by atoms with Crippen LogP contribution < -0.4 is 10.6 Å². The van der Waals surface area contributed by atoms with Crippen LogP contribution in [0.5, 0.6) is 0 Å². The topological polar surface area (TPSA) is 53.6 Å². The van der Waals surface area contributed by atoms with E-state index in [1.54, 1.807) is 0 Å². The van der Waals surface area contributed by atoms with E-state index in [1.807, 2.05) is 6.07 Å². The second-order valence-electron chi connectivity index (χ2n) is 6.36. The van der Waals surface area contributed by atoms with E-state index >= 15 is 0 Å². The van der Waals surface area contributed by atoms with Crippen molar-refractivity contribution in [2.75, 3.05) is 45.9 Å². The molecule has 23 heavy (non-hydrogen) atoms. The molecule has 5 nitrogen and oxygen atoms in total. The maximum absolute atomic E-state index is 12.4. The summed E-state index contributed by atoms with van der Waals surface area (Å²) in [6.07, 6.45) is 2.08. The normalized spacial score (nSPS) is 24.1. The summed E-state index contributed by atoms with van der Waals surface area (Å²) in [6.45, 7) is 5.87. The van der Waals surface area contributed by atoms with Crippen LogP contribution in [0, 0.1) is 5.92 Å². The van der Waals surface area contributed by atoms with Crippen LogP contribution in [0.4, 0.5) is 0 Å². The predicted octanol–water partition coefficient (Wildman–Crippen LogP) is 1.18. The molecule has 2 aliphatic rings. The summed E-state index contributed by atoms with van der Waals surface area (Å²) in [5.74, 6) is 0.302. The number of morpholine rings is 1. The Labute approximate surface area is 138 Å². The molecule has 0 aliphatic carbocycles. The molecule has 5 heteroatoms. The minimum Gasteiger partial charge on any atom is -0.379 e. The van der Waals surface area contributed by atoms with Gasteiger partial charge in [-0.1, -0.05) is 30.3 Å². The molecule has 2 fully saturated rings. The van der Waals surface area contributed by atoms with Crippen LogP contribution in [-0.4, -0.2) is 56.7 Å². The number of rotatable bonds is 5. The number of carbonyl (C=O) groups excluding carboxylic acids is 1. The van der Waals surface area contributed by atoms with Crippen molar-refractivity contribution in [3.63, 3.8) is 0 Å². The molecule has 0 bridgehead atoms. The van der Waals surface area contributed by atoms with E-state index in [-0.39, 0.29) is 17.9 Å². The van der Waals surface area contributed by atoms with Crippen LogP contribution in [0.15, 0.2) is 30.3 Å². The summed E-state index contributed by atoms with van der Waals surface area (Å²) in [5, 5.41) is 6.50. The third-order valence-electron chi connectivity index (χ3n) is 4.81. The van der Waals surface area contributed by atoms with E-state index in [1.165, 1.54) is 5.56 Å². The van der Waals surface area contributed by atoms with Gasteiger partial charge in [-0.2, -0.15) is 0 Å². The molecule has 0 saturated carbocycles. The molecule has 0 aromatic heterocycles. The highest BCUT2D eigenvalue weighted by Gasteiger charge is 2.25. The number of ether oxygens (including phenoxy) is 1. The molecule has 1 aromatic carbocycles. The first-order chi connectivity index (χ1) is 11.3. The van der Waals surface area contributed by atoms with Gasteiger partial charge in [-0.25, -0.2) is 0 Å². The molecule has 2 heterocycles. The maximum atomic E-state index is 12.4. The second-order valence-corrected chi connectivity index (χ2v) is 6.36. The quantitative estimate of drug-likeness (QED) is 0.856. The van der Waals surface area contributed by atoms with Gasteiger partial charge in [0.05, 0.1) is 25.2 Å². The second kappa shape index (κ2) is 8.43. The zero-order valence-corrected chi connectivity index (χ0v) is 13.7. The molecule has 0 spiro atoms. The van der Waals surface area contributed by atoms with Gasteiger partial charge in [-0.3, -0.25) is 9.69 Å². The molecular weight excluding hydrogens is 290 g/mol. The van der Waals surface area contributed by atoms with Crippen molar-refractivity contribution < 1.29 is 9.53 Å². The van der Waals surface area contributed by atoms with Crippen molar-refractivity contribution in [3.05, 3.63) is 35.9 Å². The van der Waals surface area contributed by atoms with Crippen LogP contribution in [-0.2, 0) is 9.53 Å². The number of benzene rings is 1. The van der Waals surface area contributed by atoms with Gasteiger partial charge < -0.3 is 15.4 Å². The van der Waals surface area contributed by atoms with Crippen molar-refractivity contribution in [1.29, 1.82) is 0 Å². The predicted molar refractivity (Wildman–Crippen MR) is 90.2 cm³/mol. The number of hydrogen-bond donors (Lipinski definition) is 2. The number of piperidine rings is 1. The molecule has 2 saturated heterocycles. The van der Waals surface area contributed by atoms with Crippen molar-refractivity contribution in [3.8, 4) is 0 Å². The van der Waals surface area contributed by atoms with Crippen molar-refractivity contribution in [2.24, 2.45) is 5.92 Å². The number of hydrogen-bond acceptors (Lipinski definition) is 4. The van der Waals surface area contributed by atoms with Crippen molar-refractivity contribution in [2.45, 2.75) is 18.9 Å². The van der Waals surface area contributed by atoms with E-state index in [4.69, 9.17) is 4.74 Å². The van der Waals surface area contributed by atoms with E-state index in [0.29, 0.717) is 6.54 Å². The van der Waals surface area contributed by atoms with E-state index in [2.05, 4.69) is 39.8 Å². The van der Waals surface area contributed by atoms with Crippen LogP contribution >= 0.6 is 0 Å². The molecule has 2 aliphatic heterocycles. The Bertz CT molecular complexity index is 482. The van der Waals surface area contributed by atoms with E-state index in [9.17, 15) is 4.79 Å². The Morgan fingerprint density at radius 2 is 2.09 bits per heavy atom. The molecular formula is C18H27N3O2. The molecule has 1 amide bonds. The molecule has 2 unspecified atom stereocenters. The zero-order valence-electron chi connectivity index (χ0n) is 13.7. The Morgan fingerprint density at radius 1 is 1.30 bits per heavy atom. The number of nitrogens with one attached hydrogen (secondary N) is 2. The Morgan fingerprint density at radius 3 is 2.78 bits per heavy atom. The lowest BCUT2D eigenvalue weighted by atomic mass is 9.98. The maximum Gasteiger partial charge on any atom is 0.224 e. The Hall–Kier alpha value is -1.43. The smallest absolute Gasteiger partial charge is 0.224 e. The van der Waals surface area contributed by atoms with Crippen LogP contribution in [0.3, 0.4) is 0 Å². The summed E-state index contributed by atoms with van der Waals surface area (Å²) in [5.41, 5.74) is 1.26. The zero-order chi connectivity index (χ0) is 15.9. The first kappa shape index (κ1) is 16.4. The molecule has 126 valence electrons. The van der Waals surface area contributed by atoms with Crippen LogP contribution in [0.2, 0.25) is 0 Å². The third-order valence-corrected chi connectivity index (χ3v) is 4.81. The fourth-order valence-electron chi connectivity index (χ4n) is 3.44. The van der Waals surface area contributed by atoms with E-state index < -0.39 is 0 Å². The van der Waals surface area contributed by atoms with Crippen molar-refractivity contribution in [1.82, 2.24) is 15.5 Å². The molecule has 2 atom stereocenters. The highest BCUT2D eigenvalue weighted by atomic mass is 16.5. The van der Waals surface area contributed by atoms with Gasteiger partial charge >= 0.3 is 0 Å². The van der Waals surface area contributed by atoms with Gasteiger partial charge in [0.1, 0.15) is 0 Å². The minimum absolute atomic E-state index is 0.116. The van der Waals surface area contributed by atoms with Crippen LogP contribution in [0.1, 0.15) is 24.4 Å². The molecule has 0 radical (unpaired) electrons. The highest BCUT2D eigenvalue weighted by molar-refractivity contribution is 5.79. The SMILES string of the molecule is O=C(NCC(c1ccccc1)N1CCOCC1)C1CCCNC1. The molecule has 3 rings (SSSR count).